The number of ether oxygens (including phenoxy) is 4. The van der Waals surface area contributed by atoms with Crippen molar-refractivity contribution in [2.24, 2.45) is 0 Å². The predicted molar refractivity (Wildman–Crippen MR) is 164 cm³/mol. The van der Waals surface area contributed by atoms with Crippen LogP contribution >= 0.6 is 0 Å². The highest BCUT2D eigenvalue weighted by Crippen LogP contribution is 2.22. The Bertz CT molecular complexity index is 810. The van der Waals surface area contributed by atoms with E-state index in [0.717, 1.165) is 64.2 Å². The molecule has 0 aliphatic carbocycles. The van der Waals surface area contributed by atoms with Crippen molar-refractivity contribution in [2.45, 2.75) is 141 Å². The zero-order valence-electron chi connectivity index (χ0n) is 26.2. The van der Waals surface area contributed by atoms with Gasteiger partial charge in [0.05, 0.1) is 13.2 Å². The van der Waals surface area contributed by atoms with Crippen LogP contribution in [0.5, 0.6) is 0 Å². The average Bonchev–Trinajstić information content (AvgIpc) is 3.00. The van der Waals surface area contributed by atoms with Crippen molar-refractivity contribution in [2.75, 3.05) is 19.8 Å². The Labute approximate surface area is 257 Å². The van der Waals surface area contributed by atoms with Gasteiger partial charge >= 0.3 is 11.9 Å². The van der Waals surface area contributed by atoms with E-state index in [9.17, 15) is 30.0 Å². The lowest BCUT2D eigenvalue weighted by Crippen LogP contribution is -2.59. The van der Waals surface area contributed by atoms with Crippen molar-refractivity contribution in [3.05, 3.63) is 36.5 Å². The van der Waals surface area contributed by atoms with Gasteiger partial charge in [-0.2, -0.15) is 0 Å². The molecule has 1 aliphatic heterocycles. The van der Waals surface area contributed by atoms with Crippen molar-refractivity contribution in [3.8, 4) is 0 Å². The lowest BCUT2D eigenvalue weighted by atomic mass is 9.99. The summed E-state index contributed by atoms with van der Waals surface area (Å²) in [4.78, 5) is 24.8. The van der Waals surface area contributed by atoms with Gasteiger partial charge in [0.25, 0.3) is 0 Å². The Hall–Kier alpha value is -2.08. The Morgan fingerprint density at radius 2 is 1.37 bits per heavy atom. The third-order valence-electron chi connectivity index (χ3n) is 7.04. The van der Waals surface area contributed by atoms with Crippen LogP contribution in [0, 0.1) is 0 Å². The molecular weight excluding hydrogens is 556 g/mol. The van der Waals surface area contributed by atoms with Gasteiger partial charge in [-0.3, -0.25) is 9.59 Å². The molecule has 6 atom stereocenters. The van der Waals surface area contributed by atoms with E-state index in [1.165, 1.54) is 0 Å². The number of rotatable bonds is 24. The first kappa shape index (κ1) is 38.9. The second-order valence-electron chi connectivity index (χ2n) is 10.9. The van der Waals surface area contributed by atoms with Gasteiger partial charge in [0.1, 0.15) is 31.0 Å². The van der Waals surface area contributed by atoms with Crippen LogP contribution in [0.4, 0.5) is 0 Å². The molecule has 0 aromatic heterocycles. The molecule has 0 radical (unpaired) electrons. The van der Waals surface area contributed by atoms with Crippen LogP contribution in [-0.2, 0) is 28.5 Å². The van der Waals surface area contributed by atoms with Crippen molar-refractivity contribution in [3.63, 3.8) is 0 Å². The van der Waals surface area contributed by atoms with Crippen molar-refractivity contribution >= 4 is 11.9 Å². The highest BCUT2D eigenvalue weighted by atomic mass is 16.7. The molecule has 1 saturated heterocycles. The molecule has 1 aliphatic rings. The normalized spacial score (nSPS) is 23.3. The molecule has 10 nitrogen and oxygen atoms in total. The van der Waals surface area contributed by atoms with Crippen molar-refractivity contribution in [1.82, 2.24) is 0 Å². The fourth-order valence-electron chi connectivity index (χ4n) is 4.43. The van der Waals surface area contributed by atoms with Crippen LogP contribution < -0.4 is 0 Å². The minimum atomic E-state index is -1.60. The first-order chi connectivity index (χ1) is 20.8. The van der Waals surface area contributed by atoms with E-state index in [1.807, 2.05) is 0 Å². The maximum absolute atomic E-state index is 12.5. The molecule has 0 aromatic rings. The fraction of sp³-hybridized carbons (Fsp3) is 0.758. The van der Waals surface area contributed by atoms with Gasteiger partial charge in [-0.15, -0.1) is 0 Å². The third kappa shape index (κ3) is 18.4. The largest absolute Gasteiger partial charge is 0.462 e. The van der Waals surface area contributed by atoms with Crippen LogP contribution in [0.3, 0.4) is 0 Å². The van der Waals surface area contributed by atoms with Crippen LogP contribution in [0.25, 0.3) is 0 Å². The molecule has 0 spiro atoms. The molecular formula is C33H56O10. The molecule has 6 unspecified atom stereocenters. The summed E-state index contributed by atoms with van der Waals surface area (Å²) in [6, 6.07) is 0. The second kappa shape index (κ2) is 25.3. The van der Waals surface area contributed by atoms with Gasteiger partial charge < -0.3 is 39.4 Å². The number of allylic oxidation sites excluding steroid dienone is 6. The standard InChI is InChI=1S/C33H56O10/c1-3-5-7-9-10-11-12-13-14-15-16-18-20-22-29(36)42-26(24-40-28(35)21-19-17-8-6-4-2)25-41-33-32(39)31(38)30(37)27(23-34)43-33/h5,7,10-11,13-14,26-27,30-34,37-39H,3-4,6,8-9,12,15-25H2,1-2H3/b7-5-,11-10-,14-13-. The van der Waals surface area contributed by atoms with E-state index in [1.54, 1.807) is 0 Å². The number of carbonyl (C=O) groups is 2. The Morgan fingerprint density at radius 3 is 2.05 bits per heavy atom. The second-order valence-corrected chi connectivity index (χ2v) is 10.9. The van der Waals surface area contributed by atoms with E-state index < -0.39 is 55.4 Å². The van der Waals surface area contributed by atoms with Gasteiger partial charge in [-0.25, -0.2) is 0 Å². The summed E-state index contributed by atoms with van der Waals surface area (Å²) < 4.78 is 21.8. The monoisotopic (exact) mass is 612 g/mol. The van der Waals surface area contributed by atoms with Crippen LogP contribution in [0.2, 0.25) is 0 Å². The Balaban J connectivity index is 2.48. The maximum Gasteiger partial charge on any atom is 0.306 e. The smallest absolute Gasteiger partial charge is 0.306 e. The summed E-state index contributed by atoms with van der Waals surface area (Å²) in [5, 5.41) is 39.6. The number of hydrogen-bond acceptors (Lipinski definition) is 10. The van der Waals surface area contributed by atoms with Gasteiger partial charge in [-0.1, -0.05) is 82.4 Å². The van der Waals surface area contributed by atoms with E-state index in [4.69, 9.17) is 18.9 Å². The molecule has 0 amide bonds. The lowest BCUT2D eigenvalue weighted by molar-refractivity contribution is -0.305. The fourth-order valence-corrected chi connectivity index (χ4v) is 4.43. The molecule has 248 valence electrons. The van der Waals surface area contributed by atoms with Gasteiger partial charge in [0.2, 0.25) is 0 Å². The van der Waals surface area contributed by atoms with Gasteiger partial charge in [-0.05, 0) is 44.9 Å². The molecule has 0 aromatic carbocycles. The zero-order valence-corrected chi connectivity index (χ0v) is 26.2. The molecule has 4 N–H and O–H groups in total. The summed E-state index contributed by atoms with van der Waals surface area (Å²) in [5.41, 5.74) is 0. The predicted octanol–water partition coefficient (Wildman–Crippen LogP) is 4.43. The molecule has 1 rings (SSSR count). The van der Waals surface area contributed by atoms with Gasteiger partial charge in [0.15, 0.2) is 12.4 Å². The SMILES string of the molecule is CC/C=C\C/C=C\C/C=C\CCCCCC(=O)OC(COC(=O)CCCCCCC)COC1OC(CO)C(O)C(O)C1O. The summed E-state index contributed by atoms with van der Waals surface area (Å²) in [5.74, 6) is -0.863. The summed E-state index contributed by atoms with van der Waals surface area (Å²) in [7, 11) is 0. The first-order valence-electron chi connectivity index (χ1n) is 16.1. The van der Waals surface area contributed by atoms with E-state index in [0.29, 0.717) is 12.8 Å². The highest BCUT2D eigenvalue weighted by Gasteiger charge is 2.44. The van der Waals surface area contributed by atoms with Crippen LogP contribution in [-0.4, -0.2) is 89.0 Å². The Kier molecular flexibility index (Phi) is 22.9. The minimum absolute atomic E-state index is 0.194. The molecule has 1 fully saturated rings. The van der Waals surface area contributed by atoms with Crippen LogP contribution in [0.1, 0.15) is 104 Å². The van der Waals surface area contributed by atoms with E-state index in [-0.39, 0.29) is 26.1 Å². The van der Waals surface area contributed by atoms with E-state index in [2.05, 4.69) is 50.3 Å². The van der Waals surface area contributed by atoms with E-state index >= 15 is 0 Å². The minimum Gasteiger partial charge on any atom is -0.462 e. The highest BCUT2D eigenvalue weighted by molar-refractivity contribution is 5.70. The lowest BCUT2D eigenvalue weighted by Gasteiger charge is -2.39. The van der Waals surface area contributed by atoms with Crippen molar-refractivity contribution < 1.29 is 49.0 Å². The summed E-state index contributed by atoms with van der Waals surface area (Å²) in [6.07, 6.45) is 16.4. The molecule has 10 heteroatoms. The number of esters is 2. The van der Waals surface area contributed by atoms with Gasteiger partial charge in [0, 0.05) is 12.8 Å². The molecule has 0 bridgehead atoms. The number of hydrogen-bond donors (Lipinski definition) is 4. The Morgan fingerprint density at radius 1 is 0.744 bits per heavy atom. The van der Waals surface area contributed by atoms with Crippen LogP contribution in [0.15, 0.2) is 36.5 Å². The summed E-state index contributed by atoms with van der Waals surface area (Å²) >= 11 is 0. The third-order valence-corrected chi connectivity index (χ3v) is 7.04. The average molecular weight is 613 g/mol. The molecule has 0 saturated carbocycles. The number of carbonyl (C=O) groups excluding carboxylic acids is 2. The quantitative estimate of drug-likeness (QED) is 0.0700. The maximum atomic E-state index is 12.5. The number of aliphatic hydroxyl groups is 4. The number of aliphatic hydroxyl groups excluding tert-OH is 4. The molecule has 43 heavy (non-hydrogen) atoms. The zero-order chi connectivity index (χ0) is 31.7. The topological polar surface area (TPSA) is 152 Å². The molecule has 1 heterocycles. The number of unbranched alkanes of at least 4 members (excludes halogenated alkanes) is 7. The van der Waals surface area contributed by atoms with Crippen molar-refractivity contribution in [1.29, 1.82) is 0 Å². The summed E-state index contributed by atoms with van der Waals surface area (Å²) in [6.45, 7) is 3.13. The first-order valence-corrected chi connectivity index (χ1v) is 16.1.